The SMILES string of the molecule is FC(F)(F)c1cc(NC(=S)Nn2cnnc2)cc(C(F)(F)F)c1. The van der Waals surface area contributed by atoms with E-state index in [0.717, 1.165) is 4.68 Å². The van der Waals surface area contributed by atoms with Gasteiger partial charge >= 0.3 is 12.4 Å². The van der Waals surface area contributed by atoms with E-state index in [0.29, 0.717) is 12.1 Å². The molecule has 1 aromatic heterocycles. The van der Waals surface area contributed by atoms with Crippen molar-refractivity contribution in [2.75, 3.05) is 10.7 Å². The zero-order valence-electron chi connectivity index (χ0n) is 10.9. The van der Waals surface area contributed by atoms with Crippen molar-refractivity contribution in [3.05, 3.63) is 42.0 Å². The molecule has 124 valence electrons. The van der Waals surface area contributed by atoms with E-state index in [2.05, 4.69) is 20.9 Å². The van der Waals surface area contributed by atoms with Gasteiger partial charge in [-0.2, -0.15) is 26.3 Å². The highest BCUT2D eigenvalue weighted by atomic mass is 32.1. The number of halogens is 6. The van der Waals surface area contributed by atoms with Crippen molar-refractivity contribution in [2.45, 2.75) is 12.4 Å². The average Bonchev–Trinajstić information content (AvgIpc) is 2.88. The van der Waals surface area contributed by atoms with Gasteiger partial charge in [0.25, 0.3) is 0 Å². The van der Waals surface area contributed by atoms with Crippen LogP contribution in [0.4, 0.5) is 32.0 Å². The molecule has 12 heteroatoms. The number of aromatic nitrogens is 3. The standard InChI is InChI=1S/C11H7F6N5S/c12-10(13,14)6-1-7(11(15,16)17)3-8(2-6)20-9(23)21-22-4-18-19-5-22/h1-5H,(H2,20,21,23). The van der Waals surface area contributed by atoms with Crippen molar-refractivity contribution in [1.82, 2.24) is 14.9 Å². The molecule has 0 unspecified atom stereocenters. The maximum absolute atomic E-state index is 12.7. The van der Waals surface area contributed by atoms with Crippen molar-refractivity contribution in [3.63, 3.8) is 0 Å². The van der Waals surface area contributed by atoms with Crippen LogP contribution in [-0.4, -0.2) is 20.0 Å². The average molecular weight is 355 g/mol. The molecule has 0 aliphatic heterocycles. The van der Waals surface area contributed by atoms with Crippen LogP contribution in [0.1, 0.15) is 11.1 Å². The lowest BCUT2D eigenvalue weighted by molar-refractivity contribution is -0.143. The summed E-state index contributed by atoms with van der Waals surface area (Å²) < 4.78 is 77.4. The van der Waals surface area contributed by atoms with Crippen LogP contribution in [0.3, 0.4) is 0 Å². The summed E-state index contributed by atoms with van der Waals surface area (Å²) in [7, 11) is 0. The summed E-state index contributed by atoms with van der Waals surface area (Å²) in [6, 6.07) is 1.08. The van der Waals surface area contributed by atoms with Gasteiger partial charge < -0.3 is 5.32 Å². The lowest BCUT2D eigenvalue weighted by Crippen LogP contribution is -2.26. The molecule has 1 aromatic carbocycles. The van der Waals surface area contributed by atoms with Crippen molar-refractivity contribution in [2.24, 2.45) is 0 Å². The molecular formula is C11H7F6N5S. The monoisotopic (exact) mass is 355 g/mol. The van der Waals surface area contributed by atoms with Crippen LogP contribution < -0.4 is 10.7 Å². The molecule has 5 nitrogen and oxygen atoms in total. The van der Waals surface area contributed by atoms with Gasteiger partial charge in [0.05, 0.1) is 11.1 Å². The minimum Gasteiger partial charge on any atom is -0.331 e. The fraction of sp³-hybridized carbons (Fsp3) is 0.182. The molecular weight excluding hydrogens is 348 g/mol. The van der Waals surface area contributed by atoms with Gasteiger partial charge in [0.2, 0.25) is 0 Å². The first kappa shape index (κ1) is 17.0. The van der Waals surface area contributed by atoms with E-state index in [1.807, 2.05) is 0 Å². The molecule has 0 aliphatic rings. The maximum atomic E-state index is 12.7. The predicted molar refractivity (Wildman–Crippen MR) is 72.0 cm³/mol. The highest BCUT2D eigenvalue weighted by molar-refractivity contribution is 7.80. The summed E-state index contributed by atoms with van der Waals surface area (Å²) in [5, 5.41) is 8.89. The van der Waals surface area contributed by atoms with Crippen LogP contribution in [0.2, 0.25) is 0 Å². The van der Waals surface area contributed by atoms with E-state index < -0.39 is 29.2 Å². The molecule has 0 aliphatic carbocycles. The van der Waals surface area contributed by atoms with E-state index in [1.165, 1.54) is 12.7 Å². The van der Waals surface area contributed by atoms with Gasteiger partial charge in [-0.05, 0) is 30.4 Å². The number of hydrogen-bond donors (Lipinski definition) is 2. The van der Waals surface area contributed by atoms with E-state index in [1.54, 1.807) is 0 Å². The second-order valence-electron chi connectivity index (χ2n) is 4.23. The number of rotatable bonds is 2. The van der Waals surface area contributed by atoms with Crippen molar-refractivity contribution < 1.29 is 26.3 Å². The summed E-state index contributed by atoms with van der Waals surface area (Å²) in [4.78, 5) is 0. The number of alkyl halides is 6. The Hall–Kier alpha value is -2.37. The lowest BCUT2D eigenvalue weighted by atomic mass is 10.1. The Morgan fingerprint density at radius 2 is 1.39 bits per heavy atom. The summed E-state index contributed by atoms with van der Waals surface area (Å²) in [5.41, 5.74) is -0.909. The number of nitrogens with one attached hydrogen (secondary N) is 2. The van der Waals surface area contributed by atoms with Crippen LogP contribution >= 0.6 is 12.2 Å². The topological polar surface area (TPSA) is 54.8 Å². The smallest absolute Gasteiger partial charge is 0.331 e. The van der Waals surface area contributed by atoms with Crippen LogP contribution in [0, 0.1) is 0 Å². The van der Waals surface area contributed by atoms with Gasteiger partial charge in [-0.25, -0.2) is 4.68 Å². The Labute approximate surface area is 130 Å². The van der Waals surface area contributed by atoms with Gasteiger partial charge in [0.15, 0.2) is 5.11 Å². The summed E-state index contributed by atoms with van der Waals surface area (Å²) in [5.74, 6) is 0. The van der Waals surface area contributed by atoms with Crippen LogP contribution in [0.15, 0.2) is 30.9 Å². The Balaban J connectivity index is 2.28. The molecule has 1 heterocycles. The van der Waals surface area contributed by atoms with Crippen molar-refractivity contribution in [1.29, 1.82) is 0 Å². The van der Waals surface area contributed by atoms with Gasteiger partial charge in [-0.15, -0.1) is 10.2 Å². The first-order chi connectivity index (χ1) is 10.6. The third-order valence-electron chi connectivity index (χ3n) is 2.49. The molecule has 2 rings (SSSR count). The number of nitrogens with zero attached hydrogens (tertiary/aromatic N) is 3. The molecule has 0 saturated carbocycles. The van der Waals surface area contributed by atoms with Gasteiger partial charge in [0.1, 0.15) is 12.7 Å². The van der Waals surface area contributed by atoms with Crippen LogP contribution in [0.25, 0.3) is 0 Å². The second kappa shape index (κ2) is 6.02. The molecule has 0 spiro atoms. The number of thiocarbonyl (C=S) groups is 1. The Morgan fingerprint density at radius 1 is 0.913 bits per heavy atom. The highest BCUT2D eigenvalue weighted by Crippen LogP contribution is 2.37. The molecule has 23 heavy (non-hydrogen) atoms. The molecule has 2 aromatic rings. The normalized spacial score (nSPS) is 12.1. The maximum Gasteiger partial charge on any atom is 0.416 e. The summed E-state index contributed by atoms with van der Waals surface area (Å²) in [6.45, 7) is 0. The Bertz CT molecular complexity index is 662. The lowest BCUT2D eigenvalue weighted by Gasteiger charge is -2.16. The quantitative estimate of drug-likeness (QED) is 0.640. The molecule has 0 atom stereocenters. The Morgan fingerprint density at radius 3 is 1.83 bits per heavy atom. The molecule has 0 fully saturated rings. The zero-order chi connectivity index (χ0) is 17.3. The molecule has 0 saturated heterocycles. The van der Waals surface area contributed by atoms with Crippen LogP contribution in [0.5, 0.6) is 0 Å². The van der Waals surface area contributed by atoms with E-state index in [4.69, 9.17) is 12.2 Å². The highest BCUT2D eigenvalue weighted by Gasteiger charge is 2.37. The minimum absolute atomic E-state index is 0.0292. The summed E-state index contributed by atoms with van der Waals surface area (Å²) >= 11 is 4.80. The van der Waals surface area contributed by atoms with E-state index in [9.17, 15) is 26.3 Å². The third-order valence-corrected chi connectivity index (χ3v) is 2.69. The molecule has 0 radical (unpaired) electrons. The number of anilines is 1. The summed E-state index contributed by atoms with van der Waals surface area (Å²) in [6.07, 6.45) is -7.47. The molecule has 2 N–H and O–H groups in total. The first-order valence-corrected chi connectivity index (χ1v) is 6.18. The van der Waals surface area contributed by atoms with E-state index in [-0.39, 0.29) is 11.2 Å². The third kappa shape index (κ3) is 4.55. The van der Waals surface area contributed by atoms with Gasteiger partial charge in [-0.1, -0.05) is 0 Å². The predicted octanol–water partition coefficient (Wildman–Crippen LogP) is 3.26. The largest absolute Gasteiger partial charge is 0.416 e. The molecule has 0 bridgehead atoms. The van der Waals surface area contributed by atoms with Crippen molar-refractivity contribution in [3.8, 4) is 0 Å². The van der Waals surface area contributed by atoms with Gasteiger partial charge in [-0.3, -0.25) is 5.43 Å². The fourth-order valence-electron chi connectivity index (χ4n) is 1.56. The minimum atomic E-state index is -4.93. The van der Waals surface area contributed by atoms with Gasteiger partial charge in [0, 0.05) is 5.69 Å². The second-order valence-corrected chi connectivity index (χ2v) is 4.64. The fourth-order valence-corrected chi connectivity index (χ4v) is 1.79. The number of benzene rings is 1. The number of hydrogen-bond acceptors (Lipinski definition) is 3. The van der Waals surface area contributed by atoms with Crippen molar-refractivity contribution >= 4 is 23.0 Å². The van der Waals surface area contributed by atoms with E-state index >= 15 is 0 Å². The first-order valence-electron chi connectivity index (χ1n) is 5.78. The van der Waals surface area contributed by atoms with Crippen LogP contribution in [-0.2, 0) is 12.4 Å². The molecule has 0 amide bonds. The Kier molecular flexibility index (Phi) is 4.45. The zero-order valence-corrected chi connectivity index (χ0v) is 11.7.